The van der Waals surface area contributed by atoms with E-state index >= 15 is 0 Å². The summed E-state index contributed by atoms with van der Waals surface area (Å²) in [7, 11) is -10.1. The molecule has 0 amide bonds. The molecule has 0 saturated heterocycles. The number of H-pyrrole nitrogens is 1. The summed E-state index contributed by atoms with van der Waals surface area (Å²) in [6, 6.07) is 0. The monoisotopic (exact) mass is 397 g/mol. The van der Waals surface area contributed by atoms with E-state index in [1.165, 1.54) is 0 Å². The van der Waals surface area contributed by atoms with Crippen molar-refractivity contribution in [2.45, 2.75) is 19.1 Å². The highest BCUT2D eigenvalue weighted by atomic mass is 32.3. The number of rotatable bonds is 6. The van der Waals surface area contributed by atoms with Crippen LogP contribution in [0.3, 0.4) is 0 Å². The second kappa shape index (κ2) is 6.58. The van der Waals surface area contributed by atoms with Gasteiger partial charge in [-0.1, -0.05) is 0 Å². The van der Waals surface area contributed by atoms with E-state index in [1.807, 2.05) is 0 Å². The zero-order valence-electron chi connectivity index (χ0n) is 12.2. The molecule has 2 rings (SSSR count). The number of aromatic nitrogens is 4. The Bertz CT molecular complexity index is 1060. The van der Waals surface area contributed by atoms with Crippen molar-refractivity contribution >= 4 is 37.9 Å². The molecule has 25 heavy (non-hydrogen) atoms. The lowest BCUT2D eigenvalue weighted by atomic mass is 10.2. The maximum atomic E-state index is 11.8. The highest BCUT2D eigenvalue weighted by Gasteiger charge is 2.31. The summed E-state index contributed by atoms with van der Waals surface area (Å²) < 4.78 is 69.6. The van der Waals surface area contributed by atoms with Gasteiger partial charge in [0.15, 0.2) is 17.3 Å². The Morgan fingerprint density at radius 3 is 2.32 bits per heavy atom. The normalized spacial score (nSPS) is 15.2. The number of nitrogens with two attached hydrogens (primary N) is 1. The number of nitrogens with zero attached hydrogens (tertiary/aromatic N) is 3. The average molecular weight is 397 g/mol. The van der Waals surface area contributed by atoms with Crippen LogP contribution in [0.15, 0.2) is 11.0 Å². The van der Waals surface area contributed by atoms with Crippen LogP contribution in [0, 0.1) is 0 Å². The molecule has 0 aliphatic rings. The zero-order chi connectivity index (χ0) is 19.0. The Balaban J connectivity index is 2.56. The summed E-state index contributed by atoms with van der Waals surface area (Å²) in [5.41, 5.74) is 3.57. The third-order valence-electron chi connectivity index (χ3n) is 2.67. The van der Waals surface area contributed by atoms with E-state index in [0.29, 0.717) is 0 Å². The number of hydrogen-bond acceptors (Lipinski definition) is 11. The van der Waals surface area contributed by atoms with Crippen LogP contribution < -0.4 is 11.3 Å². The zero-order valence-corrected chi connectivity index (χ0v) is 13.9. The van der Waals surface area contributed by atoms with Crippen LogP contribution >= 0.6 is 0 Å². The van der Waals surface area contributed by atoms with Crippen molar-refractivity contribution in [2.24, 2.45) is 0 Å². The standard InChI is InChI=1S/C9H11N5O9S2/c1-3(22-24(16,17)18)6(23-25(19,20)21)4-2-11-7-5(12-4)8(15)14-9(10)13-7/h2-3,6H,1H3,(H,16,17,18)(H,19,20,21)(H3,10,11,13,14,15)/t3-,6-/m0/s1. The minimum Gasteiger partial charge on any atom is -0.369 e. The molecule has 0 bridgehead atoms. The second-order valence-electron chi connectivity index (χ2n) is 4.59. The van der Waals surface area contributed by atoms with Crippen LogP contribution in [0.1, 0.15) is 18.7 Å². The van der Waals surface area contributed by atoms with E-state index in [2.05, 4.69) is 28.3 Å². The first-order valence-corrected chi connectivity index (χ1v) is 8.92. The number of hydrogen-bond donors (Lipinski definition) is 4. The first-order valence-electron chi connectivity index (χ1n) is 6.19. The number of anilines is 1. The molecule has 16 heteroatoms. The first-order chi connectivity index (χ1) is 11.4. The highest BCUT2D eigenvalue weighted by Crippen LogP contribution is 2.25. The highest BCUT2D eigenvalue weighted by molar-refractivity contribution is 7.81. The lowest BCUT2D eigenvalue weighted by Gasteiger charge is -2.20. The molecule has 0 unspecified atom stereocenters. The van der Waals surface area contributed by atoms with Crippen molar-refractivity contribution in [3.63, 3.8) is 0 Å². The van der Waals surface area contributed by atoms with E-state index in [0.717, 1.165) is 13.1 Å². The van der Waals surface area contributed by atoms with Crippen molar-refractivity contribution < 1.29 is 34.3 Å². The summed E-state index contributed by atoms with van der Waals surface area (Å²) in [6.45, 7) is 1.00. The molecule has 14 nitrogen and oxygen atoms in total. The van der Waals surface area contributed by atoms with Crippen LogP contribution in [0.4, 0.5) is 5.95 Å². The Morgan fingerprint density at radius 1 is 1.16 bits per heavy atom. The van der Waals surface area contributed by atoms with E-state index in [1.54, 1.807) is 0 Å². The molecule has 138 valence electrons. The van der Waals surface area contributed by atoms with Crippen LogP contribution in [-0.4, -0.2) is 52.0 Å². The van der Waals surface area contributed by atoms with Crippen molar-refractivity contribution in [1.29, 1.82) is 0 Å². The summed E-state index contributed by atoms with van der Waals surface area (Å²) in [5.74, 6) is -0.242. The van der Waals surface area contributed by atoms with Crippen molar-refractivity contribution in [2.75, 3.05) is 5.73 Å². The summed E-state index contributed by atoms with van der Waals surface area (Å²) in [4.78, 5) is 25.1. The summed E-state index contributed by atoms with van der Waals surface area (Å²) in [6.07, 6.45) is -2.65. The maximum Gasteiger partial charge on any atom is 0.398 e. The molecule has 0 saturated carbocycles. The van der Waals surface area contributed by atoms with Gasteiger partial charge in [0.05, 0.1) is 11.9 Å². The minimum atomic E-state index is -5.09. The lowest BCUT2D eigenvalue weighted by molar-refractivity contribution is 0.0539. The predicted octanol–water partition coefficient (Wildman–Crippen LogP) is -1.64. The Hall–Kier alpha value is -2.24. The fourth-order valence-corrected chi connectivity index (χ4v) is 2.83. The van der Waals surface area contributed by atoms with Crippen molar-refractivity contribution in [3.8, 4) is 0 Å². The average Bonchev–Trinajstić information content (AvgIpc) is 2.41. The van der Waals surface area contributed by atoms with Crippen molar-refractivity contribution in [3.05, 3.63) is 22.2 Å². The quantitative estimate of drug-likeness (QED) is 0.402. The van der Waals surface area contributed by atoms with E-state index < -0.39 is 44.3 Å². The molecule has 2 atom stereocenters. The smallest absolute Gasteiger partial charge is 0.369 e. The van der Waals surface area contributed by atoms with Crippen LogP contribution in [0.2, 0.25) is 0 Å². The predicted molar refractivity (Wildman–Crippen MR) is 79.8 cm³/mol. The number of aromatic amines is 1. The summed E-state index contributed by atoms with van der Waals surface area (Å²) in [5, 5.41) is 0. The molecule has 0 radical (unpaired) electrons. The van der Waals surface area contributed by atoms with Gasteiger partial charge in [0.1, 0.15) is 6.10 Å². The van der Waals surface area contributed by atoms with Gasteiger partial charge in [0.2, 0.25) is 5.95 Å². The topological polar surface area (TPSA) is 225 Å². The van der Waals surface area contributed by atoms with Gasteiger partial charge in [-0.05, 0) is 6.92 Å². The van der Waals surface area contributed by atoms with Crippen LogP contribution in [0.25, 0.3) is 11.2 Å². The third kappa shape index (κ3) is 5.11. The Morgan fingerprint density at radius 2 is 1.76 bits per heavy atom. The molecule has 5 N–H and O–H groups in total. The molecule has 0 spiro atoms. The molecule has 0 fully saturated rings. The van der Waals surface area contributed by atoms with Crippen LogP contribution in [0.5, 0.6) is 0 Å². The Labute approximate surface area is 139 Å². The molecule has 0 aliphatic heterocycles. The number of nitrogens with one attached hydrogen (secondary N) is 1. The van der Waals surface area contributed by atoms with Gasteiger partial charge in [-0.15, -0.1) is 0 Å². The summed E-state index contributed by atoms with van der Waals surface area (Å²) >= 11 is 0. The maximum absolute atomic E-state index is 11.8. The number of nitrogen functional groups attached to an aromatic ring is 1. The second-order valence-corrected chi connectivity index (χ2v) is 6.69. The fraction of sp³-hybridized carbons (Fsp3) is 0.333. The van der Waals surface area contributed by atoms with Gasteiger partial charge >= 0.3 is 20.8 Å². The molecule has 0 aliphatic carbocycles. The van der Waals surface area contributed by atoms with Gasteiger partial charge in [0, 0.05) is 0 Å². The molecule has 2 heterocycles. The minimum absolute atomic E-state index is 0.182. The first kappa shape index (κ1) is 19.1. The van der Waals surface area contributed by atoms with E-state index in [-0.39, 0.29) is 17.1 Å². The van der Waals surface area contributed by atoms with E-state index in [4.69, 9.17) is 14.8 Å². The Kier molecular flexibility index (Phi) is 5.02. The number of fused-ring (bicyclic) bond motifs is 1. The largest absolute Gasteiger partial charge is 0.398 e. The lowest BCUT2D eigenvalue weighted by Crippen LogP contribution is -2.28. The molecular formula is C9H11N5O9S2. The molecule has 2 aromatic heterocycles. The van der Waals surface area contributed by atoms with Crippen molar-refractivity contribution in [1.82, 2.24) is 19.9 Å². The third-order valence-corrected chi connectivity index (χ3v) is 3.67. The van der Waals surface area contributed by atoms with Gasteiger partial charge in [-0.25, -0.2) is 18.3 Å². The molecular weight excluding hydrogens is 386 g/mol. The van der Waals surface area contributed by atoms with Gasteiger partial charge in [0.25, 0.3) is 5.56 Å². The molecule has 0 aromatic carbocycles. The van der Waals surface area contributed by atoms with E-state index in [9.17, 15) is 21.6 Å². The van der Waals surface area contributed by atoms with Gasteiger partial charge < -0.3 is 5.73 Å². The molecule has 2 aromatic rings. The van der Waals surface area contributed by atoms with Gasteiger partial charge in [-0.3, -0.25) is 18.9 Å². The SMILES string of the molecule is C[C@H](OS(=O)(=O)O)[C@H](OS(=O)(=O)O)c1cnc2nc(N)[nH]c(=O)c2n1. The van der Waals surface area contributed by atoms with Gasteiger partial charge in [-0.2, -0.15) is 21.8 Å². The van der Waals surface area contributed by atoms with Crippen LogP contribution in [-0.2, 0) is 29.2 Å². The fourth-order valence-electron chi connectivity index (χ4n) is 1.83.